The van der Waals surface area contributed by atoms with Crippen molar-refractivity contribution < 1.29 is 9.90 Å². The fraction of sp³-hybridized carbons (Fsp3) is 0.529. The number of rotatable bonds is 8. The number of aryl methyl sites for hydroxylation is 1. The minimum absolute atomic E-state index is 0.233. The Morgan fingerprint density at radius 3 is 2.87 bits per heavy atom. The molecule has 0 aliphatic heterocycles. The van der Waals surface area contributed by atoms with Gasteiger partial charge in [-0.1, -0.05) is 26.0 Å². The molecule has 3 N–H and O–H groups in total. The van der Waals surface area contributed by atoms with E-state index in [4.69, 9.17) is 0 Å². The molecule has 0 radical (unpaired) electrons. The second-order valence-electron chi connectivity index (χ2n) is 6.20. The van der Waals surface area contributed by atoms with Gasteiger partial charge in [0.1, 0.15) is 0 Å². The van der Waals surface area contributed by atoms with Gasteiger partial charge >= 0.3 is 6.03 Å². The molecule has 2 rings (SSSR count). The SMILES string of the molecule is CC(C)CC(O)CNC(=O)NCCCn1cnc2ccccc21. The summed E-state index contributed by atoms with van der Waals surface area (Å²) in [6, 6.07) is 7.76. The van der Waals surface area contributed by atoms with E-state index in [1.54, 1.807) is 0 Å². The first kappa shape index (κ1) is 17.3. The van der Waals surface area contributed by atoms with Crippen LogP contribution in [0.15, 0.2) is 30.6 Å². The molecule has 0 saturated carbocycles. The Bertz CT molecular complexity index is 624. The quantitative estimate of drug-likeness (QED) is 0.652. The van der Waals surface area contributed by atoms with Gasteiger partial charge in [-0.15, -0.1) is 0 Å². The number of hydrogen-bond acceptors (Lipinski definition) is 3. The summed E-state index contributed by atoms with van der Waals surface area (Å²) in [5, 5.41) is 15.2. The first-order chi connectivity index (χ1) is 11.1. The van der Waals surface area contributed by atoms with Gasteiger partial charge in [0.2, 0.25) is 0 Å². The first-order valence-corrected chi connectivity index (χ1v) is 8.16. The highest BCUT2D eigenvalue weighted by Crippen LogP contribution is 2.11. The van der Waals surface area contributed by atoms with E-state index in [0.29, 0.717) is 18.9 Å². The van der Waals surface area contributed by atoms with Crippen LogP contribution in [0.5, 0.6) is 0 Å². The van der Waals surface area contributed by atoms with E-state index in [1.807, 2.05) is 44.4 Å². The molecule has 1 heterocycles. The summed E-state index contributed by atoms with van der Waals surface area (Å²) in [4.78, 5) is 16.0. The van der Waals surface area contributed by atoms with Crippen LogP contribution in [-0.4, -0.2) is 39.9 Å². The number of amides is 2. The number of aromatic nitrogens is 2. The zero-order valence-corrected chi connectivity index (χ0v) is 13.8. The molecule has 0 bridgehead atoms. The van der Waals surface area contributed by atoms with Gasteiger partial charge in [0.15, 0.2) is 0 Å². The van der Waals surface area contributed by atoms with Gasteiger partial charge in [-0.25, -0.2) is 9.78 Å². The number of benzene rings is 1. The number of urea groups is 1. The molecule has 0 fully saturated rings. The lowest BCUT2D eigenvalue weighted by Crippen LogP contribution is -2.40. The molecule has 1 unspecified atom stereocenters. The average Bonchev–Trinajstić information content (AvgIpc) is 2.92. The van der Waals surface area contributed by atoms with E-state index in [-0.39, 0.29) is 12.6 Å². The van der Waals surface area contributed by atoms with E-state index in [1.165, 1.54) is 0 Å². The van der Waals surface area contributed by atoms with Gasteiger partial charge in [0.25, 0.3) is 0 Å². The maximum Gasteiger partial charge on any atom is 0.314 e. The maximum absolute atomic E-state index is 11.7. The smallest absolute Gasteiger partial charge is 0.314 e. The van der Waals surface area contributed by atoms with E-state index in [2.05, 4.69) is 20.2 Å². The number of aliphatic hydroxyl groups is 1. The van der Waals surface area contributed by atoms with Gasteiger partial charge in [-0.05, 0) is 30.9 Å². The standard InChI is InChI=1S/C17H26N4O2/c1-13(2)10-14(22)11-19-17(23)18-8-5-9-21-12-20-15-6-3-4-7-16(15)21/h3-4,6-7,12-14,22H,5,8-11H2,1-2H3,(H2,18,19,23). The summed E-state index contributed by atoms with van der Waals surface area (Å²) in [5.41, 5.74) is 2.09. The monoisotopic (exact) mass is 318 g/mol. The topological polar surface area (TPSA) is 79.2 Å². The fourth-order valence-corrected chi connectivity index (χ4v) is 2.54. The number of para-hydroxylation sites is 2. The lowest BCUT2D eigenvalue weighted by Gasteiger charge is -2.14. The third kappa shape index (κ3) is 5.56. The molecule has 0 aliphatic rings. The summed E-state index contributed by atoms with van der Waals surface area (Å²) in [6.45, 7) is 5.76. The zero-order valence-electron chi connectivity index (χ0n) is 13.8. The lowest BCUT2D eigenvalue weighted by atomic mass is 10.1. The van der Waals surface area contributed by atoms with Crippen molar-refractivity contribution in [1.29, 1.82) is 0 Å². The molecule has 6 nitrogen and oxygen atoms in total. The molecule has 0 aliphatic carbocycles. The third-order valence-corrected chi connectivity index (χ3v) is 3.63. The van der Waals surface area contributed by atoms with Crippen molar-refractivity contribution in [3.05, 3.63) is 30.6 Å². The summed E-state index contributed by atoms with van der Waals surface area (Å²) in [7, 11) is 0. The summed E-state index contributed by atoms with van der Waals surface area (Å²) in [6.07, 6.45) is 2.85. The van der Waals surface area contributed by atoms with Crippen LogP contribution >= 0.6 is 0 Å². The molecule has 126 valence electrons. The maximum atomic E-state index is 11.7. The molecule has 0 saturated heterocycles. The number of carbonyl (C=O) groups excluding carboxylic acids is 1. The molecule has 23 heavy (non-hydrogen) atoms. The van der Waals surface area contributed by atoms with Gasteiger partial charge in [0, 0.05) is 19.6 Å². The van der Waals surface area contributed by atoms with E-state index in [9.17, 15) is 9.90 Å². The third-order valence-electron chi connectivity index (χ3n) is 3.63. The molecular formula is C17H26N4O2. The van der Waals surface area contributed by atoms with Crippen LogP contribution in [-0.2, 0) is 6.54 Å². The van der Waals surface area contributed by atoms with Crippen molar-refractivity contribution in [2.75, 3.05) is 13.1 Å². The number of nitrogens with one attached hydrogen (secondary N) is 2. The van der Waals surface area contributed by atoms with Gasteiger partial charge < -0.3 is 20.3 Å². The Morgan fingerprint density at radius 1 is 1.30 bits per heavy atom. The van der Waals surface area contributed by atoms with Crippen LogP contribution in [0.4, 0.5) is 4.79 Å². The Morgan fingerprint density at radius 2 is 2.09 bits per heavy atom. The van der Waals surface area contributed by atoms with Gasteiger partial charge in [0.05, 0.1) is 23.5 Å². The van der Waals surface area contributed by atoms with Crippen molar-refractivity contribution >= 4 is 17.1 Å². The average molecular weight is 318 g/mol. The molecule has 1 atom stereocenters. The normalized spacial score (nSPS) is 12.5. The second kappa shape index (κ2) is 8.53. The molecule has 2 amide bonds. The van der Waals surface area contributed by atoms with Gasteiger partial charge in [-0.2, -0.15) is 0 Å². The zero-order chi connectivity index (χ0) is 16.7. The highest BCUT2D eigenvalue weighted by atomic mass is 16.3. The molecule has 1 aromatic heterocycles. The molecular weight excluding hydrogens is 292 g/mol. The Kier molecular flexibility index (Phi) is 6.40. The summed E-state index contributed by atoms with van der Waals surface area (Å²) < 4.78 is 2.08. The van der Waals surface area contributed by atoms with Gasteiger partial charge in [-0.3, -0.25) is 0 Å². The van der Waals surface area contributed by atoms with Crippen LogP contribution < -0.4 is 10.6 Å². The number of imidazole rings is 1. The van der Waals surface area contributed by atoms with E-state index >= 15 is 0 Å². The number of nitrogens with zero attached hydrogens (tertiary/aromatic N) is 2. The minimum atomic E-state index is -0.488. The number of carbonyl (C=O) groups is 1. The highest BCUT2D eigenvalue weighted by molar-refractivity contribution is 5.75. The van der Waals surface area contributed by atoms with Crippen LogP contribution in [0, 0.1) is 5.92 Å². The van der Waals surface area contributed by atoms with Crippen molar-refractivity contribution in [2.24, 2.45) is 5.92 Å². The largest absolute Gasteiger partial charge is 0.391 e. The molecule has 0 spiro atoms. The lowest BCUT2D eigenvalue weighted by molar-refractivity contribution is 0.147. The number of aliphatic hydroxyl groups excluding tert-OH is 1. The van der Waals surface area contributed by atoms with E-state index < -0.39 is 6.10 Å². The first-order valence-electron chi connectivity index (χ1n) is 8.16. The van der Waals surface area contributed by atoms with Crippen molar-refractivity contribution in [3.8, 4) is 0 Å². The fourth-order valence-electron chi connectivity index (χ4n) is 2.54. The van der Waals surface area contributed by atoms with E-state index in [0.717, 1.165) is 24.0 Å². The Labute approximate surface area is 136 Å². The summed E-state index contributed by atoms with van der Waals surface area (Å²) >= 11 is 0. The molecule has 1 aromatic carbocycles. The molecule has 6 heteroatoms. The van der Waals surface area contributed by atoms with Crippen molar-refractivity contribution in [3.63, 3.8) is 0 Å². The van der Waals surface area contributed by atoms with Crippen LogP contribution in [0.2, 0.25) is 0 Å². The number of hydrogen-bond donors (Lipinski definition) is 3. The van der Waals surface area contributed by atoms with Crippen LogP contribution in [0.25, 0.3) is 11.0 Å². The van der Waals surface area contributed by atoms with Crippen molar-refractivity contribution in [2.45, 2.75) is 39.3 Å². The van der Waals surface area contributed by atoms with Crippen LogP contribution in [0.1, 0.15) is 26.7 Å². The second-order valence-corrected chi connectivity index (χ2v) is 6.20. The number of fused-ring (bicyclic) bond motifs is 1. The Hall–Kier alpha value is -2.08. The molecule has 2 aromatic rings. The predicted molar refractivity (Wildman–Crippen MR) is 91.2 cm³/mol. The highest BCUT2D eigenvalue weighted by Gasteiger charge is 2.08. The van der Waals surface area contributed by atoms with Crippen LogP contribution in [0.3, 0.4) is 0 Å². The minimum Gasteiger partial charge on any atom is -0.391 e. The van der Waals surface area contributed by atoms with Crippen molar-refractivity contribution in [1.82, 2.24) is 20.2 Å². The summed E-state index contributed by atoms with van der Waals surface area (Å²) in [5.74, 6) is 0.417. The predicted octanol–water partition coefficient (Wildman–Crippen LogP) is 2.13. The Balaban J connectivity index is 1.64.